The van der Waals surface area contributed by atoms with Gasteiger partial charge in [0, 0.05) is 32.1 Å². The molecule has 0 saturated carbocycles. The van der Waals surface area contributed by atoms with E-state index in [1.54, 1.807) is 4.90 Å². The molecule has 0 aromatic heterocycles. The summed E-state index contributed by atoms with van der Waals surface area (Å²) in [7, 11) is -4.26. The summed E-state index contributed by atoms with van der Waals surface area (Å²) in [5.74, 6) is -2.24. The Morgan fingerprint density at radius 3 is 2.24 bits per heavy atom. The third kappa shape index (κ3) is 3.59. The highest BCUT2D eigenvalue weighted by Gasteiger charge is 2.35. The zero-order chi connectivity index (χ0) is 18.0. The Kier molecular flexibility index (Phi) is 5.19. The van der Waals surface area contributed by atoms with Crippen LogP contribution in [0.4, 0.5) is 8.78 Å². The van der Waals surface area contributed by atoms with Gasteiger partial charge in [-0.25, -0.2) is 17.2 Å². The number of hydrogen-bond donors (Lipinski definition) is 0. The zero-order valence-corrected chi connectivity index (χ0v) is 14.5. The lowest BCUT2D eigenvalue weighted by Crippen LogP contribution is -2.52. The lowest BCUT2D eigenvalue weighted by molar-refractivity contribution is -0.137. The smallest absolute Gasteiger partial charge is 0.249 e. The lowest BCUT2D eigenvalue weighted by atomic mass is 9.93. The van der Waals surface area contributed by atoms with Crippen LogP contribution in [-0.4, -0.2) is 49.7 Å². The van der Waals surface area contributed by atoms with Gasteiger partial charge in [-0.3, -0.25) is 4.79 Å². The Hall–Kier alpha value is -1.80. The maximum atomic E-state index is 13.8. The van der Waals surface area contributed by atoms with E-state index in [1.807, 2.05) is 6.08 Å². The molecule has 1 aliphatic heterocycles. The summed E-state index contributed by atoms with van der Waals surface area (Å²) in [5, 5.41) is 0. The van der Waals surface area contributed by atoms with Crippen LogP contribution in [0.5, 0.6) is 0 Å². The molecule has 25 heavy (non-hydrogen) atoms. The summed E-state index contributed by atoms with van der Waals surface area (Å²) >= 11 is 0. The first-order valence-electron chi connectivity index (χ1n) is 8.29. The Morgan fingerprint density at radius 1 is 1.04 bits per heavy atom. The van der Waals surface area contributed by atoms with Crippen molar-refractivity contribution in [2.75, 3.05) is 26.2 Å². The minimum absolute atomic E-state index is 0.0264. The lowest BCUT2D eigenvalue weighted by Gasteiger charge is -2.36. The van der Waals surface area contributed by atoms with Crippen molar-refractivity contribution in [2.24, 2.45) is 5.92 Å². The summed E-state index contributed by atoms with van der Waals surface area (Å²) in [4.78, 5) is 13.2. The average Bonchev–Trinajstić information content (AvgIpc) is 2.61. The number of piperazine rings is 1. The van der Waals surface area contributed by atoms with Crippen molar-refractivity contribution in [2.45, 2.75) is 24.2 Å². The van der Waals surface area contributed by atoms with Crippen molar-refractivity contribution in [3.63, 3.8) is 0 Å². The van der Waals surface area contributed by atoms with Crippen LogP contribution in [0, 0.1) is 17.6 Å². The van der Waals surface area contributed by atoms with Gasteiger partial charge < -0.3 is 4.90 Å². The molecule has 1 atom stereocenters. The molecular formula is C17H20F2N2O3S. The fourth-order valence-electron chi connectivity index (χ4n) is 3.28. The van der Waals surface area contributed by atoms with E-state index in [-0.39, 0.29) is 38.0 Å². The van der Waals surface area contributed by atoms with Crippen molar-refractivity contribution < 1.29 is 22.0 Å². The van der Waals surface area contributed by atoms with Gasteiger partial charge in [-0.15, -0.1) is 0 Å². The molecule has 1 aromatic rings. The monoisotopic (exact) mass is 370 g/mol. The van der Waals surface area contributed by atoms with Crippen LogP contribution < -0.4 is 0 Å². The van der Waals surface area contributed by atoms with Crippen LogP contribution in [0.15, 0.2) is 35.2 Å². The molecule has 1 aromatic carbocycles. The number of sulfonamides is 1. The third-order valence-electron chi connectivity index (χ3n) is 4.69. The number of carbonyl (C=O) groups is 1. The van der Waals surface area contributed by atoms with Crippen molar-refractivity contribution in [1.82, 2.24) is 9.21 Å². The van der Waals surface area contributed by atoms with Gasteiger partial charge in [0.1, 0.15) is 11.6 Å². The van der Waals surface area contributed by atoms with Gasteiger partial charge in [-0.05, 0) is 31.4 Å². The fraction of sp³-hybridized carbons (Fsp3) is 0.471. The Labute approximate surface area is 146 Å². The van der Waals surface area contributed by atoms with Gasteiger partial charge >= 0.3 is 0 Å². The first-order valence-corrected chi connectivity index (χ1v) is 9.73. The van der Waals surface area contributed by atoms with E-state index in [4.69, 9.17) is 0 Å². The molecule has 3 rings (SSSR count). The quantitative estimate of drug-likeness (QED) is 0.766. The van der Waals surface area contributed by atoms with Crippen LogP contribution in [0.2, 0.25) is 0 Å². The molecule has 1 heterocycles. The maximum Gasteiger partial charge on any atom is 0.249 e. The van der Waals surface area contributed by atoms with Crippen LogP contribution in [-0.2, 0) is 14.8 Å². The highest BCUT2D eigenvalue weighted by molar-refractivity contribution is 7.89. The van der Waals surface area contributed by atoms with E-state index in [2.05, 4.69) is 6.08 Å². The van der Waals surface area contributed by atoms with E-state index in [1.165, 1.54) is 0 Å². The minimum atomic E-state index is -4.26. The van der Waals surface area contributed by atoms with Crippen molar-refractivity contribution in [3.8, 4) is 0 Å². The molecule has 1 aliphatic carbocycles. The summed E-state index contributed by atoms with van der Waals surface area (Å²) in [6, 6.07) is 2.97. The number of allylic oxidation sites excluding steroid dienone is 2. The number of carbonyl (C=O) groups excluding carboxylic acids is 1. The number of halogens is 2. The molecule has 5 nitrogen and oxygen atoms in total. The van der Waals surface area contributed by atoms with Crippen LogP contribution in [0.1, 0.15) is 19.3 Å². The van der Waals surface area contributed by atoms with Gasteiger partial charge in [-0.2, -0.15) is 4.31 Å². The van der Waals surface area contributed by atoms with Crippen molar-refractivity contribution in [1.29, 1.82) is 0 Å². The molecule has 1 saturated heterocycles. The normalized spacial score (nSPS) is 22.2. The molecule has 1 fully saturated rings. The molecule has 8 heteroatoms. The zero-order valence-electron chi connectivity index (χ0n) is 13.7. The summed E-state index contributed by atoms with van der Waals surface area (Å²) in [5.41, 5.74) is 0. The largest absolute Gasteiger partial charge is 0.340 e. The number of amides is 1. The molecule has 1 amide bonds. The molecule has 2 aliphatic rings. The Morgan fingerprint density at radius 2 is 1.68 bits per heavy atom. The molecule has 136 valence electrons. The second-order valence-corrected chi connectivity index (χ2v) is 8.14. The number of rotatable bonds is 3. The predicted molar refractivity (Wildman–Crippen MR) is 88.2 cm³/mol. The van der Waals surface area contributed by atoms with Crippen molar-refractivity contribution in [3.05, 3.63) is 42.0 Å². The summed E-state index contributed by atoms with van der Waals surface area (Å²) in [6.07, 6.45) is 6.42. The van der Waals surface area contributed by atoms with E-state index in [0.29, 0.717) is 6.42 Å². The first kappa shape index (κ1) is 18.0. The molecule has 0 N–H and O–H groups in total. The van der Waals surface area contributed by atoms with Gasteiger partial charge in [0.25, 0.3) is 0 Å². The molecule has 0 bridgehead atoms. The van der Waals surface area contributed by atoms with E-state index in [9.17, 15) is 22.0 Å². The van der Waals surface area contributed by atoms with E-state index < -0.39 is 26.6 Å². The summed E-state index contributed by atoms with van der Waals surface area (Å²) < 4.78 is 53.8. The standard InChI is InChI=1S/C17H20F2N2O3S/c18-14-7-4-8-15(19)16(14)25(23,24)21-11-9-20(10-12-21)17(22)13-5-2-1-3-6-13/h1-2,4,7-8,13H,3,5-6,9-12H2. The van der Waals surface area contributed by atoms with Gasteiger partial charge in [0.15, 0.2) is 4.90 Å². The van der Waals surface area contributed by atoms with E-state index in [0.717, 1.165) is 35.3 Å². The maximum absolute atomic E-state index is 13.8. The molecule has 0 spiro atoms. The second-order valence-electron chi connectivity index (χ2n) is 6.26. The van der Waals surface area contributed by atoms with Crippen LogP contribution >= 0.6 is 0 Å². The predicted octanol–water partition coefficient (Wildman–Crippen LogP) is 2.15. The number of nitrogens with zero attached hydrogens (tertiary/aromatic N) is 2. The topological polar surface area (TPSA) is 57.7 Å². The van der Waals surface area contributed by atoms with E-state index >= 15 is 0 Å². The van der Waals surface area contributed by atoms with Gasteiger partial charge in [0.2, 0.25) is 15.9 Å². The Balaban J connectivity index is 1.69. The third-order valence-corrected chi connectivity index (χ3v) is 6.64. The molecule has 1 unspecified atom stereocenters. The van der Waals surface area contributed by atoms with Crippen molar-refractivity contribution >= 4 is 15.9 Å². The minimum Gasteiger partial charge on any atom is -0.340 e. The first-order chi connectivity index (χ1) is 11.9. The molecular weight excluding hydrogens is 350 g/mol. The Bertz CT molecular complexity index is 767. The van der Waals surface area contributed by atoms with Crippen LogP contribution in [0.25, 0.3) is 0 Å². The number of hydrogen-bond acceptors (Lipinski definition) is 3. The highest BCUT2D eigenvalue weighted by Crippen LogP contribution is 2.25. The fourth-order valence-corrected chi connectivity index (χ4v) is 4.81. The number of benzene rings is 1. The summed E-state index contributed by atoms with van der Waals surface area (Å²) in [6.45, 7) is 0.525. The van der Waals surface area contributed by atoms with Gasteiger partial charge in [-0.1, -0.05) is 18.2 Å². The van der Waals surface area contributed by atoms with Gasteiger partial charge in [0.05, 0.1) is 0 Å². The SMILES string of the molecule is O=C(C1CC=CCC1)N1CCN(S(=O)(=O)c2c(F)cccc2F)CC1. The second kappa shape index (κ2) is 7.21. The van der Waals surface area contributed by atoms with Crippen LogP contribution in [0.3, 0.4) is 0 Å². The molecule has 0 radical (unpaired) electrons. The highest BCUT2D eigenvalue weighted by atomic mass is 32.2. The average molecular weight is 370 g/mol.